The van der Waals surface area contributed by atoms with Crippen molar-refractivity contribution in [1.29, 1.82) is 0 Å². The van der Waals surface area contributed by atoms with Crippen molar-refractivity contribution in [1.82, 2.24) is 9.80 Å². The van der Waals surface area contributed by atoms with Gasteiger partial charge in [-0.15, -0.1) is 0 Å². The van der Waals surface area contributed by atoms with Gasteiger partial charge in [-0.1, -0.05) is 6.58 Å². The molecule has 0 radical (unpaired) electrons. The fraction of sp³-hybridized carbons (Fsp3) is 0.556. The number of nitrogens with zero attached hydrogens (tertiary/aromatic N) is 2. The molecule has 2 amide bonds. The van der Waals surface area contributed by atoms with Crippen LogP contribution < -0.4 is 0 Å². The van der Waals surface area contributed by atoms with E-state index in [-0.39, 0.29) is 17.4 Å². The Morgan fingerprint density at radius 3 is 1.69 bits per heavy atom. The standard InChI is InChI=1S/C9H14N2O2/c1-6-7(12)10(4)9(2,3)11(5)8(6)13/h1H2,2-5H3. The molecule has 1 fully saturated rings. The molecule has 0 atom stereocenters. The largest absolute Gasteiger partial charge is 0.319 e. The Hall–Kier alpha value is -1.32. The Morgan fingerprint density at radius 1 is 1.08 bits per heavy atom. The highest BCUT2D eigenvalue weighted by molar-refractivity contribution is 6.19. The summed E-state index contributed by atoms with van der Waals surface area (Å²) in [5.41, 5.74) is -0.542. The smallest absolute Gasteiger partial charge is 0.260 e. The minimum atomic E-state index is -0.574. The second-order valence-corrected chi connectivity index (χ2v) is 3.70. The summed E-state index contributed by atoms with van der Waals surface area (Å²) in [4.78, 5) is 26.0. The van der Waals surface area contributed by atoms with E-state index in [1.807, 2.05) is 13.8 Å². The van der Waals surface area contributed by atoms with Crippen LogP contribution in [0.15, 0.2) is 12.2 Å². The Morgan fingerprint density at radius 2 is 1.38 bits per heavy atom. The molecule has 0 aromatic rings. The highest BCUT2D eigenvalue weighted by atomic mass is 16.2. The minimum absolute atomic E-state index is 0.0318. The van der Waals surface area contributed by atoms with E-state index in [2.05, 4.69) is 6.58 Å². The molecule has 0 N–H and O–H groups in total. The summed E-state index contributed by atoms with van der Waals surface area (Å²) in [6.07, 6.45) is 0. The number of carbonyl (C=O) groups excluding carboxylic acids is 2. The number of likely N-dealkylation sites (N-methyl/N-ethyl adjacent to an activating group) is 2. The van der Waals surface area contributed by atoms with Crippen molar-refractivity contribution in [2.45, 2.75) is 19.5 Å². The Kier molecular flexibility index (Phi) is 1.94. The Bertz CT molecular complexity index is 268. The molecule has 0 aromatic carbocycles. The highest BCUT2D eigenvalue weighted by Gasteiger charge is 2.42. The Balaban J connectivity index is 3.14. The molecule has 0 unspecified atom stereocenters. The summed E-state index contributed by atoms with van der Waals surface area (Å²) in [6.45, 7) is 7.09. The van der Waals surface area contributed by atoms with Gasteiger partial charge in [0.25, 0.3) is 11.8 Å². The molecule has 72 valence electrons. The third-order valence-corrected chi connectivity index (χ3v) is 2.77. The van der Waals surface area contributed by atoms with E-state index in [4.69, 9.17) is 0 Å². The van der Waals surface area contributed by atoms with Gasteiger partial charge in [0.1, 0.15) is 5.66 Å². The second kappa shape index (κ2) is 2.58. The molecule has 0 aromatic heterocycles. The van der Waals surface area contributed by atoms with Crippen molar-refractivity contribution in [3.63, 3.8) is 0 Å². The Labute approximate surface area is 77.8 Å². The molecule has 13 heavy (non-hydrogen) atoms. The predicted molar refractivity (Wildman–Crippen MR) is 48.8 cm³/mol. The molecule has 1 saturated heterocycles. The average molecular weight is 182 g/mol. The summed E-state index contributed by atoms with van der Waals surface area (Å²) in [7, 11) is 3.33. The lowest BCUT2D eigenvalue weighted by molar-refractivity contribution is -0.155. The van der Waals surface area contributed by atoms with E-state index in [0.29, 0.717) is 0 Å². The number of carbonyl (C=O) groups is 2. The van der Waals surface area contributed by atoms with Crippen LogP contribution in [0.1, 0.15) is 13.8 Å². The first-order chi connectivity index (χ1) is 5.80. The van der Waals surface area contributed by atoms with Crippen molar-refractivity contribution in [3.05, 3.63) is 12.2 Å². The zero-order valence-electron chi connectivity index (χ0n) is 8.42. The fourth-order valence-electron chi connectivity index (χ4n) is 1.22. The van der Waals surface area contributed by atoms with Crippen molar-refractivity contribution in [3.8, 4) is 0 Å². The summed E-state index contributed by atoms with van der Waals surface area (Å²) >= 11 is 0. The number of rotatable bonds is 0. The van der Waals surface area contributed by atoms with Gasteiger partial charge < -0.3 is 9.80 Å². The topological polar surface area (TPSA) is 40.6 Å². The normalized spacial score (nSPS) is 22.6. The van der Waals surface area contributed by atoms with E-state index in [9.17, 15) is 9.59 Å². The molecule has 4 heteroatoms. The lowest BCUT2D eigenvalue weighted by Gasteiger charge is -2.46. The van der Waals surface area contributed by atoms with Crippen LogP contribution in [0, 0.1) is 0 Å². The number of amides is 2. The van der Waals surface area contributed by atoms with Crippen LogP contribution in [0.5, 0.6) is 0 Å². The maximum absolute atomic E-state index is 11.5. The number of hydrogen-bond donors (Lipinski definition) is 0. The first-order valence-corrected chi connectivity index (χ1v) is 4.05. The molecule has 1 aliphatic heterocycles. The molecule has 1 rings (SSSR count). The maximum atomic E-state index is 11.5. The first-order valence-electron chi connectivity index (χ1n) is 4.05. The first kappa shape index (κ1) is 9.77. The van der Waals surface area contributed by atoms with E-state index >= 15 is 0 Å². The molecule has 1 aliphatic rings. The van der Waals surface area contributed by atoms with Gasteiger partial charge in [-0.05, 0) is 13.8 Å². The van der Waals surface area contributed by atoms with Gasteiger partial charge in [-0.25, -0.2) is 0 Å². The van der Waals surface area contributed by atoms with Crippen molar-refractivity contribution in [2.75, 3.05) is 14.1 Å². The monoisotopic (exact) mass is 182 g/mol. The molecule has 1 heterocycles. The molecule has 0 spiro atoms. The van der Waals surface area contributed by atoms with Crippen LogP contribution in [0.4, 0.5) is 0 Å². The van der Waals surface area contributed by atoms with E-state index in [0.717, 1.165) is 0 Å². The van der Waals surface area contributed by atoms with Crippen molar-refractivity contribution in [2.24, 2.45) is 0 Å². The highest BCUT2D eigenvalue weighted by Crippen LogP contribution is 2.25. The second-order valence-electron chi connectivity index (χ2n) is 3.70. The minimum Gasteiger partial charge on any atom is -0.319 e. The van der Waals surface area contributed by atoms with Crippen LogP contribution in [0.3, 0.4) is 0 Å². The van der Waals surface area contributed by atoms with Crippen molar-refractivity contribution >= 4 is 11.8 Å². The average Bonchev–Trinajstić information content (AvgIpc) is 2.09. The molecule has 0 aliphatic carbocycles. The van der Waals surface area contributed by atoms with E-state index in [1.165, 1.54) is 9.80 Å². The zero-order valence-corrected chi connectivity index (χ0v) is 8.42. The summed E-state index contributed by atoms with van der Waals surface area (Å²) < 4.78 is 0. The quantitative estimate of drug-likeness (QED) is 0.397. The lowest BCUT2D eigenvalue weighted by atomic mass is 10.0. The van der Waals surface area contributed by atoms with Gasteiger partial charge in [0, 0.05) is 14.1 Å². The van der Waals surface area contributed by atoms with Crippen LogP contribution in [-0.4, -0.2) is 41.4 Å². The van der Waals surface area contributed by atoms with Gasteiger partial charge in [0.05, 0.1) is 5.57 Å². The molecule has 4 nitrogen and oxygen atoms in total. The summed E-state index contributed by atoms with van der Waals surface area (Å²) in [5, 5.41) is 0. The molecule has 0 saturated carbocycles. The van der Waals surface area contributed by atoms with Gasteiger partial charge >= 0.3 is 0 Å². The zero-order chi connectivity index (χ0) is 10.4. The third kappa shape index (κ3) is 1.13. The number of hydrogen-bond acceptors (Lipinski definition) is 2. The van der Waals surface area contributed by atoms with Gasteiger partial charge in [-0.2, -0.15) is 0 Å². The van der Waals surface area contributed by atoms with Crippen molar-refractivity contribution < 1.29 is 9.59 Å². The predicted octanol–water partition coefficient (Wildman–Crippen LogP) is 0.209. The SMILES string of the molecule is C=C1C(=O)N(C)C(C)(C)N(C)C1=O. The van der Waals surface area contributed by atoms with Crippen LogP contribution in [0.2, 0.25) is 0 Å². The van der Waals surface area contributed by atoms with Crippen LogP contribution in [0.25, 0.3) is 0 Å². The molecular formula is C9H14N2O2. The van der Waals surface area contributed by atoms with Gasteiger partial charge in [0.2, 0.25) is 0 Å². The maximum Gasteiger partial charge on any atom is 0.260 e. The van der Waals surface area contributed by atoms with Gasteiger partial charge in [-0.3, -0.25) is 9.59 Å². The lowest BCUT2D eigenvalue weighted by Crippen LogP contribution is -2.63. The van der Waals surface area contributed by atoms with Crippen LogP contribution >= 0.6 is 0 Å². The van der Waals surface area contributed by atoms with E-state index < -0.39 is 5.66 Å². The molecule has 0 bridgehead atoms. The van der Waals surface area contributed by atoms with E-state index in [1.54, 1.807) is 14.1 Å². The van der Waals surface area contributed by atoms with Crippen LogP contribution in [-0.2, 0) is 9.59 Å². The fourth-order valence-corrected chi connectivity index (χ4v) is 1.22. The van der Waals surface area contributed by atoms with Gasteiger partial charge in [0.15, 0.2) is 0 Å². The summed E-state index contributed by atoms with van der Waals surface area (Å²) in [5.74, 6) is -0.596. The molecular weight excluding hydrogens is 168 g/mol. The third-order valence-electron chi connectivity index (χ3n) is 2.77. The summed E-state index contributed by atoms with van der Waals surface area (Å²) in [6, 6.07) is 0.